The number of nitrogens with zero attached hydrogens (tertiary/aromatic N) is 4. The smallest absolute Gasteiger partial charge is 0.402 e. The molecule has 0 bridgehead atoms. The average molecular weight is 429 g/mol. The molecule has 11 heteroatoms. The number of aromatic nitrogens is 3. The SMILES string of the molecule is Nc1ncc(-c2cn(C3[C@H]4CN(CC(F)F)C[C@@H]34)c(C3CC3)n2)cc1OC(F)(F)F. The van der Waals surface area contributed by atoms with E-state index in [1.165, 1.54) is 12.3 Å². The number of likely N-dealkylation sites (tertiary alicyclic amines) is 1. The second-order valence-electron chi connectivity index (χ2n) is 8.25. The highest BCUT2D eigenvalue weighted by atomic mass is 19.4. The minimum atomic E-state index is -4.87. The lowest BCUT2D eigenvalue weighted by Gasteiger charge is -2.19. The third-order valence-electron chi connectivity index (χ3n) is 6.05. The van der Waals surface area contributed by atoms with Gasteiger partial charge in [-0.3, -0.25) is 4.90 Å². The minimum absolute atomic E-state index is 0.198. The third-order valence-corrected chi connectivity index (χ3v) is 6.05. The molecular weight excluding hydrogens is 409 g/mol. The van der Waals surface area contributed by atoms with Gasteiger partial charge in [0.25, 0.3) is 6.43 Å². The van der Waals surface area contributed by atoms with Gasteiger partial charge in [0.1, 0.15) is 5.82 Å². The summed E-state index contributed by atoms with van der Waals surface area (Å²) < 4.78 is 69.2. The van der Waals surface area contributed by atoms with Gasteiger partial charge in [-0.15, -0.1) is 13.2 Å². The fraction of sp³-hybridized carbons (Fsp3) is 0.579. The number of halogens is 5. The van der Waals surface area contributed by atoms with E-state index in [9.17, 15) is 22.0 Å². The van der Waals surface area contributed by atoms with Crippen LogP contribution in [0.1, 0.15) is 30.6 Å². The molecule has 3 heterocycles. The summed E-state index contributed by atoms with van der Waals surface area (Å²) in [5.41, 5.74) is 6.40. The summed E-state index contributed by atoms with van der Waals surface area (Å²) in [6.07, 6.45) is -1.98. The molecule has 2 aliphatic carbocycles. The molecule has 1 saturated heterocycles. The van der Waals surface area contributed by atoms with Gasteiger partial charge in [-0.2, -0.15) is 0 Å². The molecule has 1 unspecified atom stereocenters. The molecule has 0 aromatic carbocycles. The van der Waals surface area contributed by atoms with E-state index in [1.807, 2.05) is 6.20 Å². The van der Waals surface area contributed by atoms with E-state index in [2.05, 4.69) is 19.3 Å². The molecule has 30 heavy (non-hydrogen) atoms. The second kappa shape index (κ2) is 6.79. The summed E-state index contributed by atoms with van der Waals surface area (Å²) in [6, 6.07) is 1.39. The number of anilines is 1. The Kier molecular flexibility index (Phi) is 4.42. The molecule has 5 rings (SSSR count). The van der Waals surface area contributed by atoms with E-state index in [4.69, 9.17) is 5.73 Å². The summed E-state index contributed by atoms with van der Waals surface area (Å²) >= 11 is 0. The van der Waals surface area contributed by atoms with E-state index in [1.54, 1.807) is 4.90 Å². The number of fused-ring (bicyclic) bond motifs is 1. The van der Waals surface area contributed by atoms with Gasteiger partial charge in [0.2, 0.25) is 0 Å². The zero-order valence-corrected chi connectivity index (χ0v) is 15.8. The molecule has 0 radical (unpaired) electrons. The highest BCUT2D eigenvalue weighted by Gasteiger charge is 2.57. The van der Waals surface area contributed by atoms with Crippen LogP contribution >= 0.6 is 0 Å². The Balaban J connectivity index is 1.40. The highest BCUT2D eigenvalue weighted by molar-refractivity contribution is 5.64. The number of ether oxygens (including phenoxy) is 1. The van der Waals surface area contributed by atoms with Crippen LogP contribution in [0, 0.1) is 11.8 Å². The predicted octanol–water partition coefficient (Wildman–Crippen LogP) is 3.67. The molecule has 2 N–H and O–H groups in total. The molecule has 162 valence electrons. The summed E-state index contributed by atoms with van der Waals surface area (Å²) in [4.78, 5) is 10.3. The van der Waals surface area contributed by atoms with Crippen molar-refractivity contribution in [2.75, 3.05) is 25.4 Å². The number of nitrogens with two attached hydrogens (primary N) is 1. The zero-order valence-electron chi connectivity index (χ0n) is 15.8. The second-order valence-corrected chi connectivity index (χ2v) is 8.25. The monoisotopic (exact) mass is 429 g/mol. The number of imidazole rings is 1. The van der Waals surface area contributed by atoms with Crippen LogP contribution in [0.4, 0.5) is 27.8 Å². The van der Waals surface area contributed by atoms with Gasteiger partial charge in [0, 0.05) is 43.0 Å². The predicted molar refractivity (Wildman–Crippen MR) is 97.0 cm³/mol. The number of piperidine rings is 1. The summed E-state index contributed by atoms with van der Waals surface area (Å²) in [5.74, 6) is 0.918. The number of alkyl halides is 5. The van der Waals surface area contributed by atoms with Crippen molar-refractivity contribution in [1.29, 1.82) is 0 Å². The standard InChI is InChI=1S/C19H20F5N5O/c20-15(21)8-28-5-11-12(6-28)16(11)29-7-13(27-18(29)9-1-2-9)10-3-14(17(25)26-4-10)30-19(22,23)24/h3-4,7,9,11-12,15-16H,1-2,5-6,8H2,(H2,25,26)/t11-,12+,16?. The van der Waals surface area contributed by atoms with E-state index in [0.29, 0.717) is 42.1 Å². The molecule has 2 saturated carbocycles. The molecule has 3 aliphatic rings. The van der Waals surface area contributed by atoms with Crippen LogP contribution in [0.15, 0.2) is 18.5 Å². The van der Waals surface area contributed by atoms with Crippen LogP contribution in [-0.2, 0) is 0 Å². The Labute approximate surface area is 168 Å². The third kappa shape index (κ3) is 3.70. The molecule has 0 spiro atoms. The van der Waals surface area contributed by atoms with Crippen molar-refractivity contribution in [1.82, 2.24) is 19.4 Å². The maximum absolute atomic E-state index is 12.6. The van der Waals surface area contributed by atoms with Gasteiger partial charge in [-0.05, 0) is 30.7 Å². The van der Waals surface area contributed by atoms with Crippen LogP contribution in [-0.4, -0.2) is 51.9 Å². The average Bonchev–Trinajstić information content (AvgIpc) is 3.51. The van der Waals surface area contributed by atoms with Crippen molar-refractivity contribution in [3.63, 3.8) is 0 Å². The molecule has 2 aromatic heterocycles. The van der Waals surface area contributed by atoms with Crippen molar-refractivity contribution >= 4 is 5.82 Å². The Bertz CT molecular complexity index is 945. The Morgan fingerprint density at radius 3 is 2.50 bits per heavy atom. The number of rotatable bonds is 6. The topological polar surface area (TPSA) is 69.2 Å². The quantitative estimate of drug-likeness (QED) is 0.710. The van der Waals surface area contributed by atoms with Crippen LogP contribution in [0.5, 0.6) is 5.75 Å². The largest absolute Gasteiger partial charge is 0.573 e. The maximum atomic E-state index is 12.6. The molecule has 6 nitrogen and oxygen atoms in total. The maximum Gasteiger partial charge on any atom is 0.573 e. The normalized spacial score (nSPS) is 26.3. The Hall–Kier alpha value is -2.43. The van der Waals surface area contributed by atoms with Crippen molar-refractivity contribution < 1.29 is 26.7 Å². The van der Waals surface area contributed by atoms with Crippen molar-refractivity contribution in [2.24, 2.45) is 11.8 Å². The summed E-state index contributed by atoms with van der Waals surface area (Å²) in [5, 5.41) is 0. The fourth-order valence-electron chi connectivity index (χ4n) is 4.57. The first-order valence-corrected chi connectivity index (χ1v) is 9.80. The van der Waals surface area contributed by atoms with Gasteiger partial charge in [0.15, 0.2) is 11.6 Å². The lowest BCUT2D eigenvalue weighted by Crippen LogP contribution is -2.30. The minimum Gasteiger partial charge on any atom is -0.402 e. The Morgan fingerprint density at radius 2 is 1.90 bits per heavy atom. The molecule has 3 atom stereocenters. The van der Waals surface area contributed by atoms with Gasteiger partial charge in [-0.25, -0.2) is 18.7 Å². The number of hydrogen-bond donors (Lipinski definition) is 1. The molecule has 3 fully saturated rings. The van der Waals surface area contributed by atoms with E-state index < -0.39 is 18.5 Å². The number of nitrogen functional groups attached to an aromatic ring is 1. The van der Waals surface area contributed by atoms with E-state index in [-0.39, 0.29) is 18.4 Å². The van der Waals surface area contributed by atoms with Crippen molar-refractivity contribution in [3.8, 4) is 17.0 Å². The van der Waals surface area contributed by atoms with Gasteiger partial charge in [0.05, 0.1) is 12.2 Å². The number of hydrogen-bond acceptors (Lipinski definition) is 5. The zero-order chi connectivity index (χ0) is 21.2. The lowest BCUT2D eigenvalue weighted by atomic mass is 10.2. The highest BCUT2D eigenvalue weighted by Crippen LogP contribution is 2.57. The fourth-order valence-corrected chi connectivity index (χ4v) is 4.57. The molecule has 2 aromatic rings. The first-order chi connectivity index (χ1) is 14.2. The summed E-state index contributed by atoms with van der Waals surface area (Å²) in [6.45, 7) is 1.05. The first-order valence-electron chi connectivity index (χ1n) is 9.80. The van der Waals surface area contributed by atoms with Crippen LogP contribution in [0.3, 0.4) is 0 Å². The first kappa shape index (κ1) is 19.5. The van der Waals surface area contributed by atoms with Crippen LogP contribution in [0.25, 0.3) is 11.3 Å². The van der Waals surface area contributed by atoms with E-state index >= 15 is 0 Å². The lowest BCUT2D eigenvalue weighted by molar-refractivity contribution is -0.274. The Morgan fingerprint density at radius 1 is 1.20 bits per heavy atom. The van der Waals surface area contributed by atoms with Gasteiger partial charge < -0.3 is 15.0 Å². The molecular formula is C19H20F5N5O. The van der Waals surface area contributed by atoms with Crippen molar-refractivity contribution in [3.05, 3.63) is 24.3 Å². The van der Waals surface area contributed by atoms with Gasteiger partial charge in [-0.1, -0.05) is 0 Å². The summed E-state index contributed by atoms with van der Waals surface area (Å²) in [7, 11) is 0. The van der Waals surface area contributed by atoms with Crippen molar-refractivity contribution in [2.45, 2.75) is 37.6 Å². The van der Waals surface area contributed by atoms with E-state index in [0.717, 1.165) is 18.7 Å². The molecule has 0 amide bonds. The van der Waals surface area contributed by atoms with Gasteiger partial charge >= 0.3 is 6.36 Å². The van der Waals surface area contributed by atoms with Crippen LogP contribution in [0.2, 0.25) is 0 Å². The molecule has 1 aliphatic heterocycles. The van der Waals surface area contributed by atoms with Crippen LogP contribution < -0.4 is 10.5 Å². The number of pyridine rings is 1.